The monoisotopic (exact) mass is 284 g/mol. The van der Waals surface area contributed by atoms with Gasteiger partial charge in [-0.25, -0.2) is 9.97 Å². The van der Waals surface area contributed by atoms with Crippen molar-refractivity contribution in [2.24, 2.45) is 7.05 Å². The average molecular weight is 285 g/mol. The third kappa shape index (κ3) is 2.10. The summed E-state index contributed by atoms with van der Waals surface area (Å²) in [5.41, 5.74) is 3.53. The number of aromatic nitrogens is 4. The fourth-order valence-electron chi connectivity index (χ4n) is 1.93. The van der Waals surface area contributed by atoms with Crippen molar-refractivity contribution in [2.45, 2.75) is 27.2 Å². The van der Waals surface area contributed by atoms with Gasteiger partial charge in [-0.3, -0.25) is 4.68 Å². The minimum absolute atomic E-state index is 0.412. The van der Waals surface area contributed by atoms with E-state index in [1.54, 1.807) is 4.68 Å². The Balaban J connectivity index is 2.65. The van der Waals surface area contributed by atoms with E-state index < -0.39 is 0 Å². The van der Waals surface area contributed by atoms with Crippen LogP contribution in [0.5, 0.6) is 0 Å². The Morgan fingerprint density at radius 3 is 2.06 bits per heavy atom. The van der Waals surface area contributed by atoms with Gasteiger partial charge in [0.15, 0.2) is 5.82 Å². The predicted molar refractivity (Wildman–Crippen MR) is 73.1 cm³/mol. The van der Waals surface area contributed by atoms with Crippen LogP contribution in [0.4, 0.5) is 0 Å². The molecule has 0 aliphatic heterocycles. The van der Waals surface area contributed by atoms with Gasteiger partial charge in [0.05, 0.1) is 11.3 Å². The van der Waals surface area contributed by atoms with Crippen LogP contribution in [0.25, 0.3) is 11.4 Å². The molecule has 0 saturated carbocycles. The molecule has 0 saturated heterocycles. The molecule has 18 heavy (non-hydrogen) atoms. The quantitative estimate of drug-likeness (QED) is 0.795. The molecule has 0 bridgehead atoms. The van der Waals surface area contributed by atoms with Crippen molar-refractivity contribution in [1.29, 1.82) is 0 Å². The standard InChI is InChI=1S/C12H14Cl2N4/c1-5-8-10(13)15-12(16-11(8)14)9-6(2)17-18(4)7(9)3/h5H2,1-4H3. The number of hydrogen-bond donors (Lipinski definition) is 0. The lowest BCUT2D eigenvalue weighted by molar-refractivity contribution is 0.731. The number of hydrogen-bond acceptors (Lipinski definition) is 3. The zero-order valence-corrected chi connectivity index (χ0v) is 12.3. The zero-order chi connectivity index (χ0) is 13.4. The topological polar surface area (TPSA) is 43.6 Å². The van der Waals surface area contributed by atoms with Gasteiger partial charge in [-0.2, -0.15) is 5.10 Å². The summed E-state index contributed by atoms with van der Waals surface area (Å²) in [6, 6.07) is 0. The van der Waals surface area contributed by atoms with Gasteiger partial charge < -0.3 is 0 Å². The minimum Gasteiger partial charge on any atom is -0.272 e. The molecular formula is C12H14Cl2N4. The maximum atomic E-state index is 6.13. The lowest BCUT2D eigenvalue weighted by atomic mass is 10.2. The number of rotatable bonds is 2. The van der Waals surface area contributed by atoms with Crippen molar-refractivity contribution in [1.82, 2.24) is 19.7 Å². The van der Waals surface area contributed by atoms with E-state index in [1.165, 1.54) is 0 Å². The van der Waals surface area contributed by atoms with Gasteiger partial charge in [-0.15, -0.1) is 0 Å². The fourth-order valence-corrected chi connectivity index (χ4v) is 2.59. The van der Waals surface area contributed by atoms with Gasteiger partial charge in [0.25, 0.3) is 0 Å². The summed E-state index contributed by atoms with van der Waals surface area (Å²) >= 11 is 12.3. The first-order chi connectivity index (χ1) is 8.45. The summed E-state index contributed by atoms with van der Waals surface area (Å²) in [6.45, 7) is 5.85. The molecule has 0 unspecified atom stereocenters. The largest absolute Gasteiger partial charge is 0.272 e. The maximum Gasteiger partial charge on any atom is 0.166 e. The number of aryl methyl sites for hydroxylation is 2. The van der Waals surface area contributed by atoms with E-state index in [0.29, 0.717) is 22.6 Å². The van der Waals surface area contributed by atoms with Crippen molar-refractivity contribution in [3.8, 4) is 11.4 Å². The first kappa shape index (κ1) is 13.3. The Kier molecular flexibility index (Phi) is 3.59. The third-order valence-corrected chi connectivity index (χ3v) is 3.62. The van der Waals surface area contributed by atoms with Crippen molar-refractivity contribution in [2.75, 3.05) is 0 Å². The highest BCUT2D eigenvalue weighted by molar-refractivity contribution is 6.34. The molecule has 2 rings (SSSR count). The second-order valence-corrected chi connectivity index (χ2v) is 4.85. The van der Waals surface area contributed by atoms with Crippen LogP contribution in [0.15, 0.2) is 0 Å². The van der Waals surface area contributed by atoms with Gasteiger partial charge in [0, 0.05) is 18.3 Å². The lowest BCUT2D eigenvalue weighted by Gasteiger charge is -2.06. The normalized spacial score (nSPS) is 11.0. The Hall–Kier alpha value is -1.13. The van der Waals surface area contributed by atoms with Gasteiger partial charge in [0.1, 0.15) is 10.3 Å². The molecule has 0 amide bonds. The van der Waals surface area contributed by atoms with Crippen molar-refractivity contribution >= 4 is 23.2 Å². The smallest absolute Gasteiger partial charge is 0.166 e. The van der Waals surface area contributed by atoms with E-state index in [0.717, 1.165) is 22.5 Å². The summed E-state index contributed by atoms with van der Waals surface area (Å²) < 4.78 is 1.80. The van der Waals surface area contributed by atoms with Crippen LogP contribution in [0.1, 0.15) is 23.9 Å². The highest BCUT2D eigenvalue weighted by Crippen LogP contribution is 2.29. The van der Waals surface area contributed by atoms with Crippen LogP contribution >= 0.6 is 23.2 Å². The molecule has 0 aromatic carbocycles. The van der Waals surface area contributed by atoms with Crippen molar-refractivity contribution < 1.29 is 0 Å². The molecule has 0 radical (unpaired) electrons. The van der Waals surface area contributed by atoms with Gasteiger partial charge >= 0.3 is 0 Å². The van der Waals surface area contributed by atoms with E-state index >= 15 is 0 Å². The summed E-state index contributed by atoms with van der Waals surface area (Å²) in [5.74, 6) is 0.533. The molecule has 0 N–H and O–H groups in total. The van der Waals surface area contributed by atoms with Crippen molar-refractivity contribution in [3.63, 3.8) is 0 Å². The molecule has 0 aliphatic rings. The fraction of sp³-hybridized carbons (Fsp3) is 0.417. The second kappa shape index (κ2) is 4.86. The van der Waals surface area contributed by atoms with Crippen LogP contribution in [0, 0.1) is 13.8 Å². The van der Waals surface area contributed by atoms with E-state index in [9.17, 15) is 0 Å². The molecular weight excluding hydrogens is 271 g/mol. The van der Waals surface area contributed by atoms with Gasteiger partial charge in [-0.05, 0) is 20.3 Å². The number of halogens is 2. The number of nitrogens with zero attached hydrogens (tertiary/aromatic N) is 4. The molecule has 0 aliphatic carbocycles. The third-order valence-electron chi connectivity index (χ3n) is 2.99. The molecule has 2 aromatic rings. The Morgan fingerprint density at radius 1 is 1.11 bits per heavy atom. The lowest BCUT2D eigenvalue weighted by Crippen LogP contribution is -1.98. The molecule has 0 spiro atoms. The molecule has 6 heteroatoms. The van der Waals surface area contributed by atoms with Crippen molar-refractivity contribution in [3.05, 3.63) is 27.3 Å². The molecule has 2 aromatic heterocycles. The summed E-state index contributed by atoms with van der Waals surface area (Å²) in [7, 11) is 1.88. The van der Waals surface area contributed by atoms with Crippen LogP contribution in [-0.2, 0) is 13.5 Å². The Morgan fingerprint density at radius 2 is 1.67 bits per heavy atom. The molecule has 0 atom stereocenters. The maximum absolute atomic E-state index is 6.13. The van der Waals surface area contributed by atoms with Crippen LogP contribution in [-0.4, -0.2) is 19.7 Å². The SMILES string of the molecule is CCc1c(Cl)nc(-c2c(C)nn(C)c2C)nc1Cl. The molecule has 96 valence electrons. The summed E-state index contributed by atoms with van der Waals surface area (Å²) in [4.78, 5) is 8.65. The highest BCUT2D eigenvalue weighted by atomic mass is 35.5. The summed E-state index contributed by atoms with van der Waals surface area (Å²) in [5, 5.41) is 5.16. The van der Waals surface area contributed by atoms with Crippen LogP contribution < -0.4 is 0 Å². The molecule has 2 heterocycles. The summed E-state index contributed by atoms with van der Waals surface area (Å²) in [6.07, 6.45) is 0.711. The average Bonchev–Trinajstić information content (AvgIpc) is 2.52. The minimum atomic E-state index is 0.412. The highest BCUT2D eigenvalue weighted by Gasteiger charge is 2.17. The van der Waals surface area contributed by atoms with E-state index in [-0.39, 0.29) is 0 Å². The van der Waals surface area contributed by atoms with E-state index in [1.807, 2.05) is 27.8 Å². The predicted octanol–water partition coefficient (Wildman–Crippen LogP) is 3.36. The molecule has 0 fully saturated rings. The molecule has 4 nitrogen and oxygen atoms in total. The van der Waals surface area contributed by atoms with Crippen LogP contribution in [0.2, 0.25) is 10.3 Å². The first-order valence-electron chi connectivity index (χ1n) is 5.68. The Bertz CT molecular complexity index is 581. The van der Waals surface area contributed by atoms with E-state index in [4.69, 9.17) is 23.2 Å². The van der Waals surface area contributed by atoms with E-state index in [2.05, 4.69) is 15.1 Å². The van der Waals surface area contributed by atoms with Gasteiger partial charge in [-0.1, -0.05) is 30.1 Å². The van der Waals surface area contributed by atoms with Gasteiger partial charge in [0.2, 0.25) is 0 Å². The zero-order valence-electron chi connectivity index (χ0n) is 10.8. The Labute approximate surface area is 116 Å². The first-order valence-corrected chi connectivity index (χ1v) is 6.43. The van der Waals surface area contributed by atoms with Crippen LogP contribution in [0.3, 0.4) is 0 Å². The second-order valence-electron chi connectivity index (χ2n) is 4.13.